The fourth-order valence-corrected chi connectivity index (χ4v) is 2.06. The van der Waals surface area contributed by atoms with Gasteiger partial charge < -0.3 is 10.1 Å². The van der Waals surface area contributed by atoms with Crippen LogP contribution in [0.1, 0.15) is 20.8 Å². The van der Waals surface area contributed by atoms with E-state index in [2.05, 4.69) is 31.0 Å². The van der Waals surface area contributed by atoms with Gasteiger partial charge in [0, 0.05) is 39.3 Å². The Bertz CT molecular complexity index is 161. The maximum Gasteiger partial charge on any atom is 0.0670 e. The van der Waals surface area contributed by atoms with Crippen molar-refractivity contribution in [2.75, 3.05) is 33.3 Å². The van der Waals surface area contributed by atoms with E-state index in [1.165, 1.54) is 0 Å². The van der Waals surface area contributed by atoms with Gasteiger partial charge in [0.15, 0.2) is 0 Å². The smallest absolute Gasteiger partial charge is 0.0670 e. The lowest BCUT2D eigenvalue weighted by molar-refractivity contribution is 0.0391. The first-order valence-electron chi connectivity index (χ1n) is 5.62. The molecule has 0 aliphatic carbocycles. The summed E-state index contributed by atoms with van der Waals surface area (Å²) in [6.45, 7) is 11.2. The van der Waals surface area contributed by atoms with Gasteiger partial charge in [-0.25, -0.2) is 0 Å². The predicted molar refractivity (Wildman–Crippen MR) is 59.5 cm³/mol. The van der Waals surface area contributed by atoms with Gasteiger partial charge in [0.05, 0.1) is 6.10 Å². The van der Waals surface area contributed by atoms with Crippen molar-refractivity contribution in [2.45, 2.75) is 32.9 Å². The largest absolute Gasteiger partial charge is 0.380 e. The predicted octanol–water partition coefficient (Wildman–Crippen LogP) is 0.951. The molecule has 2 unspecified atom stereocenters. The van der Waals surface area contributed by atoms with Gasteiger partial charge in [0.25, 0.3) is 0 Å². The van der Waals surface area contributed by atoms with Crippen molar-refractivity contribution in [3.8, 4) is 0 Å². The highest BCUT2D eigenvalue weighted by Crippen LogP contribution is 2.13. The Morgan fingerprint density at radius 1 is 1.43 bits per heavy atom. The van der Waals surface area contributed by atoms with Crippen LogP contribution >= 0.6 is 0 Å². The van der Waals surface area contributed by atoms with Crippen LogP contribution in [0.2, 0.25) is 0 Å². The quantitative estimate of drug-likeness (QED) is 0.731. The topological polar surface area (TPSA) is 24.5 Å². The molecular weight excluding hydrogens is 176 g/mol. The lowest BCUT2D eigenvalue weighted by Gasteiger charge is -2.39. The zero-order valence-corrected chi connectivity index (χ0v) is 9.92. The number of hydrogen-bond donors (Lipinski definition) is 1. The van der Waals surface area contributed by atoms with Gasteiger partial charge in [-0.2, -0.15) is 0 Å². The molecule has 3 nitrogen and oxygen atoms in total. The van der Waals surface area contributed by atoms with Crippen LogP contribution in [-0.4, -0.2) is 50.3 Å². The van der Waals surface area contributed by atoms with Crippen LogP contribution in [0.4, 0.5) is 0 Å². The summed E-state index contributed by atoms with van der Waals surface area (Å²) >= 11 is 0. The Hall–Kier alpha value is -0.120. The summed E-state index contributed by atoms with van der Waals surface area (Å²) in [7, 11) is 1.79. The molecule has 0 aromatic rings. The molecule has 3 heteroatoms. The van der Waals surface area contributed by atoms with Crippen molar-refractivity contribution >= 4 is 0 Å². The highest BCUT2D eigenvalue weighted by molar-refractivity contribution is 4.82. The SMILES string of the molecule is COC(C)CN1CCNCC1C(C)C. The van der Waals surface area contributed by atoms with E-state index in [1.807, 2.05) is 0 Å². The molecule has 2 atom stereocenters. The van der Waals surface area contributed by atoms with E-state index in [-0.39, 0.29) is 0 Å². The first-order valence-corrected chi connectivity index (χ1v) is 5.62. The molecule has 0 saturated carbocycles. The molecule has 0 radical (unpaired) electrons. The second-order valence-electron chi connectivity index (χ2n) is 4.56. The fourth-order valence-electron chi connectivity index (χ4n) is 2.06. The highest BCUT2D eigenvalue weighted by atomic mass is 16.5. The van der Waals surface area contributed by atoms with E-state index in [1.54, 1.807) is 7.11 Å². The summed E-state index contributed by atoms with van der Waals surface area (Å²) in [5, 5.41) is 3.45. The molecule has 1 aliphatic heterocycles. The van der Waals surface area contributed by atoms with Gasteiger partial charge in [0.1, 0.15) is 0 Å². The monoisotopic (exact) mass is 200 g/mol. The van der Waals surface area contributed by atoms with Crippen LogP contribution in [-0.2, 0) is 4.74 Å². The van der Waals surface area contributed by atoms with Gasteiger partial charge in [-0.3, -0.25) is 4.90 Å². The third-order valence-electron chi connectivity index (χ3n) is 3.06. The number of methoxy groups -OCH3 is 1. The molecule has 1 aliphatic rings. The zero-order chi connectivity index (χ0) is 10.6. The summed E-state index contributed by atoms with van der Waals surface area (Å²) in [5.41, 5.74) is 0. The van der Waals surface area contributed by atoms with Gasteiger partial charge in [-0.15, -0.1) is 0 Å². The van der Waals surface area contributed by atoms with Crippen molar-refractivity contribution in [2.24, 2.45) is 5.92 Å². The Kier molecular flexibility index (Phi) is 4.85. The number of nitrogens with zero attached hydrogens (tertiary/aromatic N) is 1. The summed E-state index contributed by atoms with van der Waals surface area (Å²) in [4.78, 5) is 2.55. The first-order chi connectivity index (χ1) is 6.65. The van der Waals surface area contributed by atoms with E-state index < -0.39 is 0 Å². The summed E-state index contributed by atoms with van der Waals surface area (Å²) in [6.07, 6.45) is 0.342. The number of ether oxygens (including phenoxy) is 1. The zero-order valence-electron chi connectivity index (χ0n) is 9.92. The molecule has 14 heavy (non-hydrogen) atoms. The number of rotatable bonds is 4. The molecule has 0 amide bonds. The molecule has 1 saturated heterocycles. The van der Waals surface area contributed by atoms with Crippen molar-refractivity contribution in [3.05, 3.63) is 0 Å². The van der Waals surface area contributed by atoms with Crippen LogP contribution in [0, 0.1) is 5.92 Å². The number of nitrogens with one attached hydrogen (secondary N) is 1. The number of hydrogen-bond acceptors (Lipinski definition) is 3. The maximum absolute atomic E-state index is 5.32. The standard InChI is InChI=1S/C11H24N2O/c1-9(2)11-7-12-5-6-13(11)8-10(3)14-4/h9-12H,5-8H2,1-4H3. The average Bonchev–Trinajstić information content (AvgIpc) is 2.18. The second-order valence-corrected chi connectivity index (χ2v) is 4.56. The highest BCUT2D eigenvalue weighted by Gasteiger charge is 2.25. The van der Waals surface area contributed by atoms with Crippen LogP contribution < -0.4 is 5.32 Å². The first kappa shape index (κ1) is 12.0. The Morgan fingerprint density at radius 2 is 2.14 bits per heavy atom. The molecule has 1 fully saturated rings. The molecule has 1 N–H and O–H groups in total. The summed E-state index contributed by atoms with van der Waals surface area (Å²) in [6, 6.07) is 0.668. The van der Waals surface area contributed by atoms with Crippen molar-refractivity contribution < 1.29 is 4.74 Å². The van der Waals surface area contributed by atoms with Gasteiger partial charge >= 0.3 is 0 Å². The molecule has 0 aromatic heterocycles. The molecule has 0 aromatic carbocycles. The van der Waals surface area contributed by atoms with Crippen molar-refractivity contribution in [1.82, 2.24) is 10.2 Å². The van der Waals surface area contributed by atoms with E-state index in [0.717, 1.165) is 26.2 Å². The minimum absolute atomic E-state index is 0.342. The Labute approximate surface area is 87.8 Å². The number of piperazine rings is 1. The minimum Gasteiger partial charge on any atom is -0.380 e. The molecule has 1 heterocycles. The minimum atomic E-state index is 0.342. The molecule has 0 bridgehead atoms. The third-order valence-corrected chi connectivity index (χ3v) is 3.06. The van der Waals surface area contributed by atoms with E-state index in [9.17, 15) is 0 Å². The molecule has 1 rings (SSSR count). The van der Waals surface area contributed by atoms with Crippen LogP contribution in [0.15, 0.2) is 0 Å². The summed E-state index contributed by atoms with van der Waals surface area (Å²) < 4.78 is 5.32. The molecular formula is C11H24N2O. The molecule has 84 valence electrons. The van der Waals surface area contributed by atoms with Crippen molar-refractivity contribution in [3.63, 3.8) is 0 Å². The second kappa shape index (κ2) is 5.69. The average molecular weight is 200 g/mol. The molecule has 0 spiro atoms. The lowest BCUT2D eigenvalue weighted by Crippen LogP contribution is -2.55. The van der Waals surface area contributed by atoms with E-state index in [0.29, 0.717) is 18.1 Å². The summed E-state index contributed by atoms with van der Waals surface area (Å²) in [5.74, 6) is 0.715. The maximum atomic E-state index is 5.32. The van der Waals surface area contributed by atoms with Gasteiger partial charge in [-0.1, -0.05) is 13.8 Å². The van der Waals surface area contributed by atoms with E-state index in [4.69, 9.17) is 4.74 Å². The van der Waals surface area contributed by atoms with E-state index >= 15 is 0 Å². The fraction of sp³-hybridized carbons (Fsp3) is 1.00. The third kappa shape index (κ3) is 3.23. The normalized spacial score (nSPS) is 26.8. The Morgan fingerprint density at radius 3 is 2.71 bits per heavy atom. The van der Waals surface area contributed by atoms with Crippen LogP contribution in [0.5, 0.6) is 0 Å². The van der Waals surface area contributed by atoms with Crippen LogP contribution in [0.25, 0.3) is 0 Å². The van der Waals surface area contributed by atoms with Crippen molar-refractivity contribution in [1.29, 1.82) is 0 Å². The lowest BCUT2D eigenvalue weighted by atomic mass is 10.0. The van der Waals surface area contributed by atoms with Gasteiger partial charge in [0.2, 0.25) is 0 Å². The van der Waals surface area contributed by atoms with Gasteiger partial charge in [-0.05, 0) is 12.8 Å². The van der Waals surface area contributed by atoms with Crippen LogP contribution in [0.3, 0.4) is 0 Å². The Balaban J connectivity index is 2.45.